The molecule has 0 aliphatic carbocycles. The molecule has 1 saturated heterocycles. The van der Waals surface area contributed by atoms with Crippen molar-refractivity contribution in [1.82, 2.24) is 15.6 Å². The van der Waals surface area contributed by atoms with E-state index in [1.54, 1.807) is 11.3 Å². The van der Waals surface area contributed by atoms with Gasteiger partial charge in [-0.1, -0.05) is 13.8 Å². The van der Waals surface area contributed by atoms with Crippen molar-refractivity contribution in [3.05, 3.63) is 16.1 Å². The largest absolute Gasteiger partial charge is 0.356 e. The van der Waals surface area contributed by atoms with Gasteiger partial charge in [-0.05, 0) is 44.2 Å². The lowest BCUT2D eigenvalue weighted by molar-refractivity contribution is -0.122. The molecule has 23 heavy (non-hydrogen) atoms. The van der Waals surface area contributed by atoms with Crippen LogP contribution in [0.4, 0.5) is 0 Å². The average molecular weight is 382 g/mol. The minimum atomic E-state index is 0. The summed E-state index contributed by atoms with van der Waals surface area (Å²) in [6.45, 7) is 7.25. The molecule has 0 bridgehead atoms. The van der Waals surface area contributed by atoms with Gasteiger partial charge in [0.15, 0.2) is 0 Å². The second-order valence-electron chi connectivity index (χ2n) is 5.94. The molecule has 2 rings (SSSR count). The Morgan fingerprint density at radius 2 is 2.13 bits per heavy atom. The summed E-state index contributed by atoms with van der Waals surface area (Å²) in [6.07, 6.45) is 6.89. The molecule has 0 radical (unpaired) electrons. The predicted molar refractivity (Wildman–Crippen MR) is 102 cm³/mol. The number of thiazole rings is 1. The highest BCUT2D eigenvalue weighted by atomic mass is 35.5. The van der Waals surface area contributed by atoms with Crippen molar-refractivity contribution in [2.24, 2.45) is 11.8 Å². The monoisotopic (exact) mass is 381 g/mol. The molecule has 2 heterocycles. The summed E-state index contributed by atoms with van der Waals surface area (Å²) in [6, 6.07) is 0. The van der Waals surface area contributed by atoms with E-state index in [9.17, 15) is 4.79 Å². The van der Waals surface area contributed by atoms with E-state index in [-0.39, 0.29) is 30.7 Å². The third-order valence-electron chi connectivity index (χ3n) is 4.31. The van der Waals surface area contributed by atoms with Crippen molar-refractivity contribution in [3.8, 4) is 0 Å². The third-order valence-corrected chi connectivity index (χ3v) is 5.51. The average Bonchev–Trinajstić information content (AvgIpc) is 2.96. The van der Waals surface area contributed by atoms with Crippen LogP contribution in [0.5, 0.6) is 0 Å². The minimum Gasteiger partial charge on any atom is -0.356 e. The zero-order valence-corrected chi connectivity index (χ0v) is 16.4. The number of hydrogen-bond acceptors (Lipinski definition) is 4. The number of aryl methyl sites for hydroxylation is 1. The standard InChI is InChI=1S/C16H27N3OS.2ClH/c1-3-14-11-19-16(21-14)6-9-18-15(20)10-12(2)13-4-7-17-8-5-13;;/h11-13,17H,3-10H2,1-2H3,(H,18,20);2*1H. The van der Waals surface area contributed by atoms with E-state index in [4.69, 9.17) is 0 Å². The van der Waals surface area contributed by atoms with Crippen molar-refractivity contribution in [2.75, 3.05) is 19.6 Å². The summed E-state index contributed by atoms with van der Waals surface area (Å²) >= 11 is 1.75. The van der Waals surface area contributed by atoms with Gasteiger partial charge < -0.3 is 10.6 Å². The van der Waals surface area contributed by atoms with Crippen LogP contribution < -0.4 is 10.6 Å². The lowest BCUT2D eigenvalue weighted by atomic mass is 9.84. The molecule has 1 aromatic heterocycles. The highest BCUT2D eigenvalue weighted by molar-refractivity contribution is 7.11. The molecule has 1 fully saturated rings. The summed E-state index contributed by atoms with van der Waals surface area (Å²) in [5.74, 6) is 1.37. The molecule has 0 saturated carbocycles. The minimum absolute atomic E-state index is 0. The zero-order valence-electron chi connectivity index (χ0n) is 14.0. The molecule has 2 N–H and O–H groups in total. The number of carbonyl (C=O) groups excluding carboxylic acids is 1. The molecule has 0 spiro atoms. The number of carbonyl (C=O) groups is 1. The Hall–Kier alpha value is -0.360. The molecule has 1 amide bonds. The summed E-state index contributed by atoms with van der Waals surface area (Å²) in [4.78, 5) is 17.7. The van der Waals surface area contributed by atoms with Crippen molar-refractivity contribution in [2.45, 2.75) is 46.0 Å². The summed E-state index contributed by atoms with van der Waals surface area (Å²) in [5.41, 5.74) is 0. The maximum Gasteiger partial charge on any atom is 0.220 e. The fourth-order valence-corrected chi connectivity index (χ4v) is 3.74. The Kier molecular flexibility index (Phi) is 11.9. The SMILES string of the molecule is CCc1cnc(CCNC(=O)CC(C)C2CCNCC2)s1.Cl.Cl. The van der Waals surface area contributed by atoms with E-state index in [2.05, 4.69) is 29.5 Å². The van der Waals surface area contributed by atoms with Crippen LogP contribution in [0.15, 0.2) is 6.20 Å². The number of halogens is 2. The lowest BCUT2D eigenvalue weighted by Crippen LogP contribution is -2.34. The van der Waals surface area contributed by atoms with E-state index in [0.717, 1.165) is 30.9 Å². The highest BCUT2D eigenvalue weighted by Crippen LogP contribution is 2.24. The van der Waals surface area contributed by atoms with E-state index in [1.807, 2.05) is 6.20 Å². The number of piperidine rings is 1. The molecule has 4 nitrogen and oxygen atoms in total. The summed E-state index contributed by atoms with van der Waals surface area (Å²) in [7, 11) is 0. The van der Waals surface area contributed by atoms with Crippen LogP contribution in [-0.4, -0.2) is 30.5 Å². The van der Waals surface area contributed by atoms with Crippen molar-refractivity contribution in [3.63, 3.8) is 0 Å². The van der Waals surface area contributed by atoms with Crippen molar-refractivity contribution >= 4 is 42.1 Å². The Bertz CT molecular complexity index is 450. The fraction of sp³-hybridized carbons (Fsp3) is 0.750. The molecular weight excluding hydrogens is 353 g/mol. The second kappa shape index (κ2) is 12.1. The lowest BCUT2D eigenvalue weighted by Gasteiger charge is -2.27. The van der Waals surface area contributed by atoms with Crippen LogP contribution >= 0.6 is 36.2 Å². The maximum absolute atomic E-state index is 12.0. The van der Waals surface area contributed by atoms with Crippen molar-refractivity contribution in [1.29, 1.82) is 0 Å². The first-order chi connectivity index (χ1) is 10.2. The van der Waals surface area contributed by atoms with E-state index in [0.29, 0.717) is 24.8 Å². The van der Waals surface area contributed by atoms with Gasteiger partial charge in [0.05, 0.1) is 5.01 Å². The molecule has 1 aromatic rings. The molecule has 0 aromatic carbocycles. The van der Waals surface area contributed by atoms with Crippen LogP contribution in [0, 0.1) is 11.8 Å². The molecule has 7 heteroatoms. The van der Waals surface area contributed by atoms with Crippen LogP contribution in [0.2, 0.25) is 0 Å². The Balaban J connectivity index is 0.00000242. The van der Waals surface area contributed by atoms with Crippen molar-refractivity contribution < 1.29 is 4.79 Å². The predicted octanol–water partition coefficient (Wildman–Crippen LogP) is 3.23. The number of nitrogens with one attached hydrogen (secondary N) is 2. The summed E-state index contributed by atoms with van der Waals surface area (Å²) < 4.78 is 0. The van der Waals surface area contributed by atoms with Gasteiger partial charge in [0, 0.05) is 30.5 Å². The Morgan fingerprint density at radius 1 is 1.43 bits per heavy atom. The van der Waals surface area contributed by atoms with Gasteiger partial charge in [-0.15, -0.1) is 36.2 Å². The van der Waals surface area contributed by atoms with E-state index >= 15 is 0 Å². The number of nitrogens with zero attached hydrogens (tertiary/aromatic N) is 1. The van der Waals surface area contributed by atoms with Crippen LogP contribution in [0.3, 0.4) is 0 Å². The molecule has 1 atom stereocenters. The number of amides is 1. The zero-order chi connectivity index (χ0) is 15.1. The Morgan fingerprint density at radius 3 is 2.74 bits per heavy atom. The Labute approximate surface area is 156 Å². The first-order valence-electron chi connectivity index (χ1n) is 8.10. The normalized spacial score (nSPS) is 16.1. The van der Waals surface area contributed by atoms with Crippen LogP contribution in [0.25, 0.3) is 0 Å². The number of hydrogen-bond donors (Lipinski definition) is 2. The first kappa shape index (κ1) is 22.6. The molecular formula is C16H29Cl2N3OS. The quantitative estimate of drug-likeness (QED) is 0.761. The van der Waals surface area contributed by atoms with Gasteiger partial charge in [0.1, 0.15) is 0 Å². The fourth-order valence-electron chi connectivity index (χ4n) is 2.88. The number of aromatic nitrogens is 1. The topological polar surface area (TPSA) is 54.0 Å². The molecule has 1 aliphatic heterocycles. The molecule has 1 unspecified atom stereocenters. The highest BCUT2D eigenvalue weighted by Gasteiger charge is 2.21. The first-order valence-corrected chi connectivity index (χ1v) is 8.91. The summed E-state index contributed by atoms with van der Waals surface area (Å²) in [5, 5.41) is 7.54. The smallest absolute Gasteiger partial charge is 0.220 e. The maximum atomic E-state index is 12.0. The van der Waals surface area contributed by atoms with Gasteiger partial charge in [0.2, 0.25) is 5.91 Å². The van der Waals surface area contributed by atoms with E-state index < -0.39 is 0 Å². The van der Waals surface area contributed by atoms with Gasteiger partial charge in [-0.3, -0.25) is 4.79 Å². The molecule has 134 valence electrons. The van der Waals surface area contributed by atoms with Gasteiger partial charge in [-0.25, -0.2) is 4.98 Å². The second-order valence-corrected chi connectivity index (χ2v) is 7.14. The molecule has 1 aliphatic rings. The van der Waals surface area contributed by atoms with Gasteiger partial charge >= 0.3 is 0 Å². The van der Waals surface area contributed by atoms with Gasteiger partial charge in [0.25, 0.3) is 0 Å². The number of rotatable bonds is 7. The van der Waals surface area contributed by atoms with Gasteiger partial charge in [-0.2, -0.15) is 0 Å². The van der Waals surface area contributed by atoms with E-state index in [1.165, 1.54) is 17.7 Å². The third kappa shape index (κ3) is 7.84. The van der Waals surface area contributed by atoms with Crippen LogP contribution in [-0.2, 0) is 17.6 Å². The van der Waals surface area contributed by atoms with Crippen LogP contribution in [0.1, 0.15) is 43.0 Å².